The minimum Gasteiger partial charge on any atom is -0.466 e. The first-order valence-corrected chi connectivity index (χ1v) is 11.8. The first kappa shape index (κ1) is 20.0. The molecule has 29 heavy (non-hydrogen) atoms. The number of nitrogens with zero attached hydrogens (tertiary/aromatic N) is 2. The number of ether oxygens (including phenoxy) is 1. The molecule has 0 bridgehead atoms. The van der Waals surface area contributed by atoms with Gasteiger partial charge in [0, 0.05) is 15.2 Å². The number of hydrogen-bond acceptors (Lipinski definition) is 7. The number of rotatable bonds is 6. The van der Waals surface area contributed by atoms with Crippen LogP contribution in [0.2, 0.25) is 0 Å². The molecule has 2 heterocycles. The number of esters is 1. The maximum absolute atomic E-state index is 13.2. The van der Waals surface area contributed by atoms with Gasteiger partial charge in [-0.1, -0.05) is 47.8 Å². The second-order valence-electron chi connectivity index (χ2n) is 6.14. The number of carbonyl (C=O) groups is 2. The molecule has 0 spiro atoms. The largest absolute Gasteiger partial charge is 0.466 e. The van der Waals surface area contributed by atoms with E-state index in [9.17, 15) is 9.59 Å². The zero-order valence-corrected chi connectivity index (χ0v) is 18.1. The van der Waals surface area contributed by atoms with Crippen LogP contribution in [0.1, 0.15) is 12.6 Å². The van der Waals surface area contributed by atoms with Crippen molar-refractivity contribution >= 4 is 58.1 Å². The molecule has 5 nitrogen and oxygen atoms in total. The van der Waals surface area contributed by atoms with Gasteiger partial charge >= 0.3 is 5.97 Å². The number of aromatic nitrogens is 1. The highest BCUT2D eigenvalue weighted by Gasteiger charge is 2.27. The van der Waals surface area contributed by atoms with Gasteiger partial charge in [0.1, 0.15) is 0 Å². The van der Waals surface area contributed by atoms with Gasteiger partial charge in [0.2, 0.25) is 5.91 Å². The van der Waals surface area contributed by atoms with Crippen molar-refractivity contribution in [1.29, 1.82) is 0 Å². The fourth-order valence-electron chi connectivity index (χ4n) is 2.96. The van der Waals surface area contributed by atoms with E-state index in [1.807, 2.05) is 53.9 Å². The Morgan fingerprint density at radius 1 is 1.07 bits per heavy atom. The highest BCUT2D eigenvalue weighted by Crippen LogP contribution is 2.48. The van der Waals surface area contributed by atoms with Crippen molar-refractivity contribution in [1.82, 2.24) is 4.98 Å². The van der Waals surface area contributed by atoms with Gasteiger partial charge in [-0.05, 0) is 31.2 Å². The highest BCUT2D eigenvalue weighted by molar-refractivity contribution is 8.01. The minimum absolute atomic E-state index is 0.00246. The van der Waals surface area contributed by atoms with Crippen LogP contribution >= 0.6 is 34.9 Å². The van der Waals surface area contributed by atoms with Crippen LogP contribution in [0.15, 0.2) is 68.0 Å². The Hall–Kier alpha value is -2.29. The van der Waals surface area contributed by atoms with E-state index in [0.717, 1.165) is 25.5 Å². The molecule has 0 fully saturated rings. The van der Waals surface area contributed by atoms with E-state index in [2.05, 4.69) is 4.98 Å². The predicted octanol–water partition coefficient (Wildman–Crippen LogP) is 5.17. The molecule has 2 aromatic carbocycles. The molecule has 8 heteroatoms. The molecule has 1 amide bonds. The summed E-state index contributed by atoms with van der Waals surface area (Å²) in [4.78, 5) is 33.1. The van der Waals surface area contributed by atoms with Crippen LogP contribution in [0.3, 0.4) is 0 Å². The van der Waals surface area contributed by atoms with E-state index in [1.54, 1.807) is 23.6 Å². The van der Waals surface area contributed by atoms with Gasteiger partial charge in [0.05, 0.1) is 35.8 Å². The van der Waals surface area contributed by atoms with Crippen molar-refractivity contribution in [2.75, 3.05) is 17.3 Å². The summed E-state index contributed by atoms with van der Waals surface area (Å²) in [5.41, 5.74) is 2.49. The van der Waals surface area contributed by atoms with Crippen LogP contribution < -0.4 is 4.90 Å². The standard InChI is InChI=1S/C21H18N2O3S3/c1-2-26-20(25)11-14-12-27-21(22-14)28-13-19(24)23-15-7-3-5-9-17(15)29-18-10-6-4-8-16(18)23/h3-10,12H,2,11,13H2,1H3. The van der Waals surface area contributed by atoms with E-state index in [4.69, 9.17) is 4.74 Å². The lowest BCUT2D eigenvalue weighted by Crippen LogP contribution is -2.29. The molecule has 0 saturated heterocycles. The zero-order chi connectivity index (χ0) is 20.2. The summed E-state index contributed by atoms with van der Waals surface area (Å²) in [6.07, 6.45) is 0.156. The number of thiazole rings is 1. The van der Waals surface area contributed by atoms with Gasteiger partial charge in [-0.15, -0.1) is 11.3 Å². The smallest absolute Gasteiger partial charge is 0.311 e. The molecule has 0 aliphatic carbocycles. The molecule has 0 N–H and O–H groups in total. The minimum atomic E-state index is -0.288. The summed E-state index contributed by atoms with van der Waals surface area (Å²) in [5, 5.41) is 1.84. The van der Waals surface area contributed by atoms with E-state index < -0.39 is 0 Å². The Kier molecular flexibility index (Phi) is 6.22. The van der Waals surface area contributed by atoms with Crippen molar-refractivity contribution in [2.45, 2.75) is 27.5 Å². The number of thioether (sulfide) groups is 1. The lowest BCUT2D eigenvalue weighted by atomic mass is 10.2. The third-order valence-corrected chi connectivity index (χ3v) is 7.35. The predicted molar refractivity (Wildman–Crippen MR) is 117 cm³/mol. The summed E-state index contributed by atoms with van der Waals surface area (Å²) >= 11 is 4.51. The van der Waals surface area contributed by atoms with E-state index in [0.29, 0.717) is 12.3 Å². The summed E-state index contributed by atoms with van der Waals surface area (Å²) in [6, 6.07) is 15.9. The third-order valence-electron chi connectivity index (χ3n) is 4.16. The number of benzene rings is 2. The quantitative estimate of drug-likeness (QED) is 0.388. The van der Waals surface area contributed by atoms with Gasteiger partial charge in [0.25, 0.3) is 0 Å². The van der Waals surface area contributed by atoms with Crippen LogP contribution in [0.25, 0.3) is 0 Å². The fourth-order valence-corrected chi connectivity index (χ4v) is 5.71. The van der Waals surface area contributed by atoms with Gasteiger partial charge in [0.15, 0.2) is 4.34 Å². The maximum Gasteiger partial charge on any atom is 0.311 e. The average Bonchev–Trinajstić information content (AvgIpc) is 3.17. The molecule has 4 rings (SSSR count). The van der Waals surface area contributed by atoms with Crippen LogP contribution in [-0.4, -0.2) is 29.2 Å². The van der Waals surface area contributed by atoms with E-state index in [1.165, 1.54) is 23.1 Å². The molecule has 0 saturated carbocycles. The SMILES string of the molecule is CCOC(=O)Cc1csc(SCC(=O)N2c3ccccc3Sc3ccccc32)n1. The molecule has 0 radical (unpaired) electrons. The van der Waals surface area contributed by atoms with Gasteiger partial charge in [-0.2, -0.15) is 0 Å². The van der Waals surface area contributed by atoms with Gasteiger partial charge in [-0.3, -0.25) is 14.5 Å². The summed E-state index contributed by atoms with van der Waals surface area (Å²) < 4.78 is 5.72. The number of para-hydroxylation sites is 2. The number of anilines is 2. The van der Waals surface area contributed by atoms with Crippen LogP contribution in [0.5, 0.6) is 0 Å². The van der Waals surface area contributed by atoms with E-state index in [-0.39, 0.29) is 24.1 Å². The first-order chi connectivity index (χ1) is 14.2. The molecule has 3 aromatic rings. The molecular weight excluding hydrogens is 424 g/mol. The van der Waals surface area contributed by atoms with E-state index >= 15 is 0 Å². The Labute approximate surface area is 181 Å². The number of carbonyl (C=O) groups excluding carboxylic acids is 2. The van der Waals surface area contributed by atoms with Crippen LogP contribution in [0, 0.1) is 0 Å². The number of amides is 1. The van der Waals surface area contributed by atoms with Crippen LogP contribution in [0.4, 0.5) is 11.4 Å². The second-order valence-corrected chi connectivity index (χ2v) is 9.31. The Bertz CT molecular complexity index is 1010. The number of hydrogen-bond donors (Lipinski definition) is 0. The van der Waals surface area contributed by atoms with Gasteiger partial charge < -0.3 is 4.74 Å². The Balaban J connectivity index is 1.48. The van der Waals surface area contributed by atoms with Crippen molar-refractivity contribution < 1.29 is 14.3 Å². The molecule has 0 unspecified atom stereocenters. The van der Waals surface area contributed by atoms with Crippen LogP contribution in [-0.2, 0) is 20.7 Å². The lowest BCUT2D eigenvalue weighted by Gasteiger charge is -2.30. The maximum atomic E-state index is 13.2. The molecule has 0 atom stereocenters. The molecule has 148 valence electrons. The Morgan fingerprint density at radius 2 is 1.72 bits per heavy atom. The average molecular weight is 443 g/mol. The van der Waals surface area contributed by atoms with Crippen molar-refractivity contribution in [3.63, 3.8) is 0 Å². The summed E-state index contributed by atoms with van der Waals surface area (Å²) in [5.74, 6) is -0.0264. The monoisotopic (exact) mass is 442 g/mol. The van der Waals surface area contributed by atoms with Crippen molar-refractivity contribution in [2.24, 2.45) is 0 Å². The second kappa shape index (κ2) is 9.02. The first-order valence-electron chi connectivity index (χ1n) is 9.07. The third kappa shape index (κ3) is 4.49. The topological polar surface area (TPSA) is 59.5 Å². The molecule has 1 aliphatic rings. The lowest BCUT2D eigenvalue weighted by molar-refractivity contribution is -0.142. The normalized spacial score (nSPS) is 12.2. The molecule has 1 aromatic heterocycles. The fraction of sp³-hybridized carbons (Fsp3) is 0.190. The van der Waals surface area contributed by atoms with Crippen molar-refractivity contribution in [3.8, 4) is 0 Å². The highest BCUT2D eigenvalue weighted by atomic mass is 32.2. The molecule has 1 aliphatic heterocycles. The number of fused-ring (bicyclic) bond motifs is 2. The summed E-state index contributed by atoms with van der Waals surface area (Å²) in [6.45, 7) is 2.14. The zero-order valence-electron chi connectivity index (χ0n) is 15.7. The van der Waals surface area contributed by atoms with Gasteiger partial charge in [-0.25, -0.2) is 4.98 Å². The summed E-state index contributed by atoms with van der Waals surface area (Å²) in [7, 11) is 0. The van der Waals surface area contributed by atoms with Crippen molar-refractivity contribution in [3.05, 3.63) is 59.6 Å². The Morgan fingerprint density at radius 3 is 2.38 bits per heavy atom. The molecular formula is C21H18N2O3S3.